The fourth-order valence-electron chi connectivity index (χ4n) is 3.25. The highest BCUT2D eigenvalue weighted by Crippen LogP contribution is 2.44. The van der Waals surface area contributed by atoms with Crippen molar-refractivity contribution in [2.45, 2.75) is 71.1 Å². The summed E-state index contributed by atoms with van der Waals surface area (Å²) in [5.41, 5.74) is 0.0208. The summed E-state index contributed by atoms with van der Waals surface area (Å²) in [4.78, 5) is 0. The minimum Gasteiger partial charge on any atom is -0.369 e. The second-order valence-electron chi connectivity index (χ2n) is 6.62. The van der Waals surface area contributed by atoms with Gasteiger partial charge >= 0.3 is 0 Å². The maximum atomic E-state index is 6.24. The van der Waals surface area contributed by atoms with Gasteiger partial charge in [-0.3, -0.25) is 0 Å². The lowest BCUT2D eigenvalue weighted by Crippen LogP contribution is -2.44. The Labute approximate surface area is 118 Å². The molecule has 0 bridgehead atoms. The number of hydrogen-bond acceptors (Lipinski definition) is 3. The van der Waals surface area contributed by atoms with Gasteiger partial charge in [0.2, 0.25) is 0 Å². The Hall–Kier alpha value is 0.270. The third-order valence-electron chi connectivity index (χ3n) is 3.92. The van der Waals surface area contributed by atoms with Crippen molar-refractivity contribution >= 4 is 11.8 Å². The first-order valence-electron chi connectivity index (χ1n) is 7.25. The van der Waals surface area contributed by atoms with E-state index in [1.807, 2.05) is 11.8 Å². The summed E-state index contributed by atoms with van der Waals surface area (Å²) in [6.45, 7) is 12.3. The van der Waals surface area contributed by atoms with Gasteiger partial charge < -0.3 is 10.1 Å². The largest absolute Gasteiger partial charge is 0.369 e. The molecule has 0 radical (unpaired) electrons. The number of hydrogen-bond donors (Lipinski definition) is 1. The first-order chi connectivity index (χ1) is 8.32. The molecule has 0 aromatic rings. The Morgan fingerprint density at radius 1 is 1.33 bits per heavy atom. The molecule has 108 valence electrons. The van der Waals surface area contributed by atoms with Gasteiger partial charge in [0.15, 0.2) is 0 Å². The van der Waals surface area contributed by atoms with Crippen LogP contribution < -0.4 is 5.32 Å². The van der Waals surface area contributed by atoms with E-state index in [1.165, 1.54) is 18.6 Å². The predicted molar refractivity (Wildman–Crippen MR) is 82.4 cm³/mol. The highest BCUT2D eigenvalue weighted by Gasteiger charge is 2.48. The summed E-state index contributed by atoms with van der Waals surface area (Å²) >= 11 is 1.94. The molecule has 1 rings (SSSR count). The molecule has 2 atom stereocenters. The summed E-state index contributed by atoms with van der Waals surface area (Å²) < 4.78 is 6.24. The second-order valence-corrected chi connectivity index (χ2v) is 7.60. The van der Waals surface area contributed by atoms with Crippen molar-refractivity contribution in [1.29, 1.82) is 0 Å². The van der Waals surface area contributed by atoms with Crippen LogP contribution in [0.3, 0.4) is 0 Å². The summed E-state index contributed by atoms with van der Waals surface area (Å²) in [6.07, 6.45) is 5.80. The Bertz CT molecular complexity index is 245. The van der Waals surface area contributed by atoms with Crippen LogP contribution in [0.2, 0.25) is 0 Å². The van der Waals surface area contributed by atoms with Gasteiger partial charge in [0, 0.05) is 12.0 Å². The van der Waals surface area contributed by atoms with Crippen LogP contribution in [0.4, 0.5) is 0 Å². The van der Waals surface area contributed by atoms with Gasteiger partial charge in [-0.2, -0.15) is 11.8 Å². The van der Waals surface area contributed by atoms with E-state index in [1.54, 1.807) is 0 Å². The SMILES string of the molecule is CCCNC(CCSC)C1CC(C)(C)OC1(C)C. The molecule has 1 aliphatic rings. The molecule has 3 heteroatoms. The van der Waals surface area contributed by atoms with E-state index in [-0.39, 0.29) is 11.2 Å². The van der Waals surface area contributed by atoms with Gasteiger partial charge in [-0.15, -0.1) is 0 Å². The van der Waals surface area contributed by atoms with Crippen molar-refractivity contribution in [3.05, 3.63) is 0 Å². The first kappa shape index (κ1) is 16.3. The molecule has 1 fully saturated rings. The van der Waals surface area contributed by atoms with Gasteiger partial charge in [0.1, 0.15) is 0 Å². The zero-order chi connectivity index (χ0) is 13.8. The highest BCUT2D eigenvalue weighted by atomic mass is 32.2. The van der Waals surface area contributed by atoms with Crippen LogP contribution in [-0.2, 0) is 4.74 Å². The fraction of sp³-hybridized carbons (Fsp3) is 1.00. The minimum absolute atomic E-state index is 0.00663. The molecule has 1 saturated heterocycles. The quantitative estimate of drug-likeness (QED) is 0.764. The molecule has 0 aromatic carbocycles. The van der Waals surface area contributed by atoms with Crippen molar-refractivity contribution in [2.75, 3.05) is 18.6 Å². The van der Waals surface area contributed by atoms with E-state index in [0.717, 1.165) is 13.0 Å². The average Bonchev–Trinajstić information content (AvgIpc) is 2.47. The van der Waals surface area contributed by atoms with Crippen molar-refractivity contribution in [3.8, 4) is 0 Å². The normalized spacial score (nSPS) is 27.3. The average molecular weight is 273 g/mol. The predicted octanol–water partition coefficient (Wildman–Crippen LogP) is 3.70. The smallest absolute Gasteiger partial charge is 0.0677 e. The third-order valence-corrected chi connectivity index (χ3v) is 4.56. The van der Waals surface area contributed by atoms with E-state index in [9.17, 15) is 0 Å². The second kappa shape index (κ2) is 6.62. The molecule has 1 heterocycles. The Balaban J connectivity index is 2.70. The zero-order valence-corrected chi connectivity index (χ0v) is 13.8. The molecule has 1 aliphatic heterocycles. The van der Waals surface area contributed by atoms with Gasteiger partial charge in [0.25, 0.3) is 0 Å². The molecule has 2 unspecified atom stereocenters. The van der Waals surface area contributed by atoms with Crippen LogP contribution >= 0.6 is 11.8 Å². The van der Waals surface area contributed by atoms with Crippen LogP contribution in [0.5, 0.6) is 0 Å². The molecule has 2 nitrogen and oxygen atoms in total. The van der Waals surface area contributed by atoms with Gasteiger partial charge in [0.05, 0.1) is 11.2 Å². The van der Waals surface area contributed by atoms with Crippen LogP contribution in [0, 0.1) is 5.92 Å². The monoisotopic (exact) mass is 273 g/mol. The van der Waals surface area contributed by atoms with Crippen molar-refractivity contribution < 1.29 is 4.74 Å². The zero-order valence-electron chi connectivity index (χ0n) is 13.0. The van der Waals surface area contributed by atoms with Crippen molar-refractivity contribution in [1.82, 2.24) is 5.32 Å². The number of thioether (sulfide) groups is 1. The van der Waals surface area contributed by atoms with E-state index < -0.39 is 0 Å². The van der Waals surface area contributed by atoms with Crippen LogP contribution in [0.25, 0.3) is 0 Å². The lowest BCUT2D eigenvalue weighted by Gasteiger charge is -2.33. The van der Waals surface area contributed by atoms with Crippen LogP contribution in [0.1, 0.15) is 53.9 Å². The Kier molecular flexibility index (Phi) is 6.01. The van der Waals surface area contributed by atoms with E-state index in [2.05, 4.69) is 46.2 Å². The molecular formula is C15H31NOS. The first-order valence-corrected chi connectivity index (χ1v) is 8.64. The summed E-state index contributed by atoms with van der Waals surface area (Å²) in [5.74, 6) is 1.85. The highest BCUT2D eigenvalue weighted by molar-refractivity contribution is 7.98. The molecule has 1 N–H and O–H groups in total. The molecule has 0 aliphatic carbocycles. The molecule has 18 heavy (non-hydrogen) atoms. The lowest BCUT2D eigenvalue weighted by molar-refractivity contribution is -0.0777. The van der Waals surface area contributed by atoms with E-state index in [4.69, 9.17) is 4.74 Å². The summed E-state index contributed by atoms with van der Waals surface area (Å²) in [7, 11) is 0. The Morgan fingerprint density at radius 2 is 2.00 bits per heavy atom. The molecule has 0 aromatic heterocycles. The number of ether oxygens (including phenoxy) is 1. The maximum absolute atomic E-state index is 6.24. The van der Waals surface area contributed by atoms with E-state index in [0.29, 0.717) is 12.0 Å². The number of rotatable bonds is 7. The van der Waals surface area contributed by atoms with Gasteiger partial charge in [-0.25, -0.2) is 0 Å². The molecule has 0 amide bonds. The third kappa shape index (κ3) is 4.43. The summed E-state index contributed by atoms with van der Waals surface area (Å²) in [6, 6.07) is 0.592. The maximum Gasteiger partial charge on any atom is 0.0677 e. The topological polar surface area (TPSA) is 21.3 Å². The minimum atomic E-state index is -0.00663. The fourth-order valence-corrected chi connectivity index (χ4v) is 3.74. The standard InChI is InChI=1S/C15H31NOS/c1-7-9-16-13(8-10-18-6)12-11-14(2,3)17-15(12,4)5/h12-13,16H,7-11H2,1-6H3. The Morgan fingerprint density at radius 3 is 2.44 bits per heavy atom. The summed E-state index contributed by atoms with van der Waals surface area (Å²) in [5, 5.41) is 3.75. The lowest BCUT2D eigenvalue weighted by atomic mass is 9.80. The van der Waals surface area contributed by atoms with Crippen molar-refractivity contribution in [2.24, 2.45) is 5.92 Å². The van der Waals surface area contributed by atoms with Crippen molar-refractivity contribution in [3.63, 3.8) is 0 Å². The molecule has 0 spiro atoms. The molecule has 0 saturated carbocycles. The van der Waals surface area contributed by atoms with Crippen LogP contribution in [-0.4, -0.2) is 35.8 Å². The number of nitrogens with one attached hydrogen (secondary N) is 1. The van der Waals surface area contributed by atoms with Crippen LogP contribution in [0.15, 0.2) is 0 Å². The van der Waals surface area contributed by atoms with Gasteiger partial charge in [-0.1, -0.05) is 6.92 Å². The van der Waals surface area contributed by atoms with E-state index >= 15 is 0 Å². The van der Waals surface area contributed by atoms with Gasteiger partial charge in [-0.05, 0) is 65.5 Å². The molecular weight excluding hydrogens is 242 g/mol.